The van der Waals surface area contributed by atoms with Gasteiger partial charge in [-0.05, 0) is 42.0 Å². The Morgan fingerprint density at radius 1 is 0.853 bits per heavy atom. The Labute approximate surface area is 197 Å². The first-order valence-corrected chi connectivity index (χ1v) is 11.4. The summed E-state index contributed by atoms with van der Waals surface area (Å²) in [5.74, 6) is -0.504. The van der Waals surface area contributed by atoms with Crippen molar-refractivity contribution in [1.82, 2.24) is 4.90 Å². The van der Waals surface area contributed by atoms with Crippen molar-refractivity contribution in [3.63, 3.8) is 0 Å². The first-order valence-electron chi connectivity index (χ1n) is 11.4. The fraction of sp³-hybridized carbons (Fsp3) is 0.222. The number of rotatable bonds is 4. The normalized spacial score (nSPS) is 16.1. The average molecular weight is 457 g/mol. The molecule has 3 aromatic carbocycles. The molecule has 2 heterocycles. The SMILES string of the molecule is O=C(CN1C(=O)CC(c2ccccc2)=Nc2ccccc21)N1CCN(c2ccc(F)cc2)CC1. The van der Waals surface area contributed by atoms with Crippen LogP contribution in [0.4, 0.5) is 21.5 Å². The van der Waals surface area contributed by atoms with E-state index in [4.69, 9.17) is 4.99 Å². The molecule has 0 aromatic heterocycles. The summed E-state index contributed by atoms with van der Waals surface area (Å²) >= 11 is 0. The van der Waals surface area contributed by atoms with Crippen LogP contribution in [-0.4, -0.2) is 55.1 Å². The third-order valence-electron chi connectivity index (χ3n) is 6.27. The molecule has 6 nitrogen and oxygen atoms in total. The maximum absolute atomic E-state index is 13.3. The van der Waals surface area contributed by atoms with Crippen molar-refractivity contribution >= 4 is 34.6 Å². The molecule has 3 aromatic rings. The Hall–Kier alpha value is -4.00. The van der Waals surface area contributed by atoms with Gasteiger partial charge >= 0.3 is 0 Å². The van der Waals surface area contributed by atoms with Gasteiger partial charge in [-0.1, -0.05) is 42.5 Å². The second-order valence-corrected chi connectivity index (χ2v) is 8.41. The van der Waals surface area contributed by atoms with Crippen LogP contribution in [0.5, 0.6) is 0 Å². The highest BCUT2D eigenvalue weighted by Crippen LogP contribution is 2.33. The number of carbonyl (C=O) groups is 2. The predicted molar refractivity (Wildman–Crippen MR) is 131 cm³/mol. The first kappa shape index (κ1) is 21.8. The fourth-order valence-electron chi connectivity index (χ4n) is 4.42. The summed E-state index contributed by atoms with van der Waals surface area (Å²) in [5, 5.41) is 0. The Morgan fingerprint density at radius 3 is 2.26 bits per heavy atom. The minimum absolute atomic E-state index is 0.0238. The summed E-state index contributed by atoms with van der Waals surface area (Å²) in [6.45, 7) is 2.38. The van der Waals surface area contributed by atoms with E-state index in [9.17, 15) is 14.0 Å². The molecule has 0 saturated carbocycles. The molecule has 0 N–H and O–H groups in total. The lowest BCUT2D eigenvalue weighted by atomic mass is 10.1. The van der Waals surface area contributed by atoms with Gasteiger partial charge in [-0.2, -0.15) is 0 Å². The van der Waals surface area contributed by atoms with E-state index in [2.05, 4.69) is 4.90 Å². The zero-order valence-corrected chi connectivity index (χ0v) is 18.7. The highest BCUT2D eigenvalue weighted by Gasteiger charge is 2.29. The van der Waals surface area contributed by atoms with Crippen LogP contribution in [0.15, 0.2) is 83.9 Å². The molecule has 0 bridgehead atoms. The molecule has 0 radical (unpaired) electrons. The Kier molecular flexibility index (Phi) is 6.08. The molecule has 172 valence electrons. The summed E-state index contributed by atoms with van der Waals surface area (Å²) in [6.07, 6.45) is 0.129. The van der Waals surface area contributed by atoms with Crippen molar-refractivity contribution in [3.05, 3.63) is 90.2 Å². The zero-order valence-electron chi connectivity index (χ0n) is 18.7. The summed E-state index contributed by atoms with van der Waals surface area (Å²) in [5.41, 5.74) is 3.87. The topological polar surface area (TPSA) is 56.2 Å². The number of anilines is 2. The van der Waals surface area contributed by atoms with Gasteiger partial charge in [0, 0.05) is 31.9 Å². The number of para-hydroxylation sites is 2. The molecular weight excluding hydrogens is 431 g/mol. The van der Waals surface area contributed by atoms with Crippen molar-refractivity contribution in [2.24, 2.45) is 4.99 Å². The number of hydrogen-bond acceptors (Lipinski definition) is 4. The molecule has 0 atom stereocenters. The number of halogens is 1. The quantitative estimate of drug-likeness (QED) is 0.596. The van der Waals surface area contributed by atoms with Gasteiger partial charge in [0.25, 0.3) is 0 Å². The van der Waals surface area contributed by atoms with E-state index in [-0.39, 0.29) is 30.6 Å². The number of fused-ring (bicyclic) bond motifs is 1. The van der Waals surface area contributed by atoms with E-state index in [1.807, 2.05) is 54.6 Å². The summed E-state index contributed by atoms with van der Waals surface area (Å²) < 4.78 is 13.2. The smallest absolute Gasteiger partial charge is 0.242 e. The van der Waals surface area contributed by atoms with Gasteiger partial charge in [0.2, 0.25) is 11.8 Å². The van der Waals surface area contributed by atoms with E-state index in [0.29, 0.717) is 43.3 Å². The van der Waals surface area contributed by atoms with Crippen molar-refractivity contribution < 1.29 is 14.0 Å². The summed E-state index contributed by atoms with van der Waals surface area (Å²) in [6, 6.07) is 23.5. The third-order valence-corrected chi connectivity index (χ3v) is 6.27. The Bertz CT molecular complexity index is 1220. The van der Waals surface area contributed by atoms with Crippen molar-refractivity contribution in [3.8, 4) is 0 Å². The molecule has 2 aliphatic heterocycles. The molecule has 2 amide bonds. The number of benzene rings is 3. The van der Waals surface area contributed by atoms with Crippen LogP contribution in [0, 0.1) is 5.82 Å². The molecule has 1 fully saturated rings. The molecule has 34 heavy (non-hydrogen) atoms. The minimum Gasteiger partial charge on any atom is -0.368 e. The molecule has 0 spiro atoms. The summed E-state index contributed by atoms with van der Waals surface area (Å²) in [7, 11) is 0. The number of amides is 2. The van der Waals surface area contributed by atoms with Gasteiger partial charge in [-0.25, -0.2) is 4.39 Å². The van der Waals surface area contributed by atoms with Crippen LogP contribution < -0.4 is 9.80 Å². The van der Waals surface area contributed by atoms with Crippen LogP contribution in [0.2, 0.25) is 0 Å². The first-order chi connectivity index (χ1) is 16.6. The standard InChI is InChI=1S/C27H25FN4O2/c28-21-10-12-22(13-11-21)30-14-16-31(17-15-30)27(34)19-32-25-9-5-4-8-23(25)29-24(18-26(32)33)20-6-2-1-3-7-20/h1-13H,14-19H2. The molecule has 0 aliphatic carbocycles. The lowest BCUT2D eigenvalue weighted by Crippen LogP contribution is -2.52. The van der Waals surface area contributed by atoms with E-state index < -0.39 is 0 Å². The van der Waals surface area contributed by atoms with E-state index in [0.717, 1.165) is 11.3 Å². The van der Waals surface area contributed by atoms with Crippen molar-refractivity contribution in [2.45, 2.75) is 6.42 Å². The predicted octanol–water partition coefficient (Wildman–Crippen LogP) is 4.03. The average Bonchev–Trinajstić information content (AvgIpc) is 3.01. The molecule has 7 heteroatoms. The lowest BCUT2D eigenvalue weighted by molar-refractivity contribution is -0.131. The van der Waals surface area contributed by atoms with Crippen LogP contribution in [0.3, 0.4) is 0 Å². The minimum atomic E-state index is -0.264. The van der Waals surface area contributed by atoms with Gasteiger partial charge < -0.3 is 14.7 Å². The number of hydrogen-bond donors (Lipinski definition) is 0. The van der Waals surface area contributed by atoms with Crippen LogP contribution in [0.1, 0.15) is 12.0 Å². The molecule has 0 unspecified atom stereocenters. The van der Waals surface area contributed by atoms with Crippen molar-refractivity contribution in [1.29, 1.82) is 0 Å². The van der Waals surface area contributed by atoms with Gasteiger partial charge in [0.15, 0.2) is 0 Å². The Balaban J connectivity index is 1.30. The highest BCUT2D eigenvalue weighted by atomic mass is 19.1. The number of piperazine rings is 1. The summed E-state index contributed by atoms with van der Waals surface area (Å²) in [4.78, 5) is 36.7. The van der Waals surface area contributed by atoms with Crippen molar-refractivity contribution in [2.75, 3.05) is 42.5 Å². The van der Waals surface area contributed by atoms with Gasteiger partial charge in [0.05, 0.1) is 23.5 Å². The molecule has 2 aliphatic rings. The second kappa shape index (κ2) is 9.47. The van der Waals surface area contributed by atoms with Crippen LogP contribution in [0.25, 0.3) is 0 Å². The monoisotopic (exact) mass is 456 g/mol. The van der Waals surface area contributed by atoms with Gasteiger partial charge in [0.1, 0.15) is 12.4 Å². The van der Waals surface area contributed by atoms with E-state index >= 15 is 0 Å². The largest absolute Gasteiger partial charge is 0.368 e. The molecule has 5 rings (SSSR count). The van der Waals surface area contributed by atoms with Gasteiger partial charge in [-0.3, -0.25) is 14.6 Å². The van der Waals surface area contributed by atoms with Gasteiger partial charge in [-0.15, -0.1) is 0 Å². The van der Waals surface area contributed by atoms with E-state index in [1.165, 1.54) is 12.1 Å². The zero-order chi connectivity index (χ0) is 23.5. The second-order valence-electron chi connectivity index (χ2n) is 8.41. The third kappa shape index (κ3) is 4.55. The number of carbonyl (C=O) groups excluding carboxylic acids is 2. The maximum Gasteiger partial charge on any atom is 0.242 e. The van der Waals surface area contributed by atoms with Crippen LogP contribution >= 0.6 is 0 Å². The highest BCUT2D eigenvalue weighted by molar-refractivity contribution is 6.18. The van der Waals surface area contributed by atoms with E-state index in [1.54, 1.807) is 21.9 Å². The maximum atomic E-state index is 13.3. The fourth-order valence-corrected chi connectivity index (χ4v) is 4.42. The lowest BCUT2D eigenvalue weighted by Gasteiger charge is -2.37. The molecule has 1 saturated heterocycles. The number of nitrogens with zero attached hydrogens (tertiary/aromatic N) is 4. The van der Waals surface area contributed by atoms with Crippen LogP contribution in [-0.2, 0) is 9.59 Å². The molecular formula is C27H25FN4O2. The Morgan fingerprint density at radius 2 is 1.53 bits per heavy atom. The number of aliphatic imine (C=N–C) groups is 1.